The third kappa shape index (κ3) is 2.24. The Morgan fingerprint density at radius 2 is 1.94 bits per heavy atom. The van der Waals surface area contributed by atoms with Gasteiger partial charge in [-0.15, -0.1) is 0 Å². The van der Waals surface area contributed by atoms with Crippen LogP contribution in [0.5, 0.6) is 0 Å². The Bertz CT molecular complexity index is 703. The number of hydrogen-bond acceptors (Lipinski definition) is 3. The van der Waals surface area contributed by atoms with E-state index in [2.05, 4.69) is 15.0 Å². The summed E-state index contributed by atoms with van der Waals surface area (Å²) in [7, 11) is 0. The van der Waals surface area contributed by atoms with Crippen LogP contribution in [-0.2, 0) is 0 Å². The Morgan fingerprint density at radius 3 is 2.78 bits per heavy atom. The summed E-state index contributed by atoms with van der Waals surface area (Å²) in [6.45, 7) is 0. The topological polar surface area (TPSA) is 43.1 Å². The maximum Gasteiger partial charge on any atom is 0.137 e. The summed E-state index contributed by atoms with van der Waals surface area (Å²) >= 11 is 5.92. The molecule has 3 aromatic heterocycles. The first-order valence-electron chi connectivity index (χ1n) is 5.40. The molecule has 0 saturated heterocycles. The number of halogens is 1. The average Bonchev–Trinajstić information content (AvgIpc) is 2.79. The van der Waals surface area contributed by atoms with E-state index in [0.717, 1.165) is 17.0 Å². The second kappa shape index (κ2) is 4.58. The summed E-state index contributed by atoms with van der Waals surface area (Å²) in [5, 5.41) is 0.686. The molecule has 5 heteroatoms. The molecule has 18 heavy (non-hydrogen) atoms. The summed E-state index contributed by atoms with van der Waals surface area (Å²) in [6.07, 6.45) is 10.8. The molecule has 0 atom stereocenters. The first-order valence-corrected chi connectivity index (χ1v) is 5.77. The molecule has 0 bridgehead atoms. The Morgan fingerprint density at radius 1 is 1.06 bits per heavy atom. The van der Waals surface area contributed by atoms with Gasteiger partial charge in [0.25, 0.3) is 0 Å². The summed E-state index contributed by atoms with van der Waals surface area (Å²) in [4.78, 5) is 12.4. The molecule has 0 amide bonds. The van der Waals surface area contributed by atoms with Crippen LogP contribution in [0.25, 0.3) is 17.8 Å². The van der Waals surface area contributed by atoms with Crippen LogP contribution in [0.3, 0.4) is 0 Å². The van der Waals surface area contributed by atoms with Gasteiger partial charge >= 0.3 is 0 Å². The van der Waals surface area contributed by atoms with Gasteiger partial charge in [0, 0.05) is 18.6 Å². The van der Waals surface area contributed by atoms with Crippen molar-refractivity contribution in [3.8, 4) is 0 Å². The molecular formula is C13H9ClN4. The molecular weight excluding hydrogens is 248 g/mol. The zero-order valence-electron chi connectivity index (χ0n) is 9.36. The van der Waals surface area contributed by atoms with Gasteiger partial charge in [-0.25, -0.2) is 15.0 Å². The molecule has 0 fully saturated rings. The molecule has 4 nitrogen and oxygen atoms in total. The third-order valence-corrected chi connectivity index (χ3v) is 2.69. The number of nitrogens with zero attached hydrogens (tertiary/aromatic N) is 4. The van der Waals surface area contributed by atoms with Crippen LogP contribution < -0.4 is 0 Å². The van der Waals surface area contributed by atoms with Crippen molar-refractivity contribution in [3.05, 3.63) is 59.5 Å². The lowest BCUT2D eigenvalue weighted by Crippen LogP contribution is -1.79. The summed E-state index contributed by atoms with van der Waals surface area (Å²) < 4.78 is 1.89. The minimum Gasteiger partial charge on any atom is -0.305 e. The highest BCUT2D eigenvalue weighted by Crippen LogP contribution is 2.13. The van der Waals surface area contributed by atoms with Gasteiger partial charge in [0.15, 0.2) is 0 Å². The van der Waals surface area contributed by atoms with Gasteiger partial charge in [0.05, 0.1) is 16.4 Å². The molecule has 0 aliphatic carbocycles. The molecule has 0 aliphatic rings. The zero-order chi connectivity index (χ0) is 12.4. The van der Waals surface area contributed by atoms with Crippen LogP contribution in [0, 0.1) is 0 Å². The second-order valence-corrected chi connectivity index (χ2v) is 4.18. The largest absolute Gasteiger partial charge is 0.305 e. The monoisotopic (exact) mass is 256 g/mol. The maximum absolute atomic E-state index is 5.92. The lowest BCUT2D eigenvalue weighted by molar-refractivity contribution is 1.15. The predicted octanol–water partition coefficient (Wildman–Crippen LogP) is 2.95. The van der Waals surface area contributed by atoms with Crippen molar-refractivity contribution in [1.29, 1.82) is 0 Å². The van der Waals surface area contributed by atoms with Crippen molar-refractivity contribution in [3.63, 3.8) is 0 Å². The Balaban J connectivity index is 1.93. The van der Waals surface area contributed by atoms with Gasteiger partial charge in [-0.3, -0.25) is 0 Å². The van der Waals surface area contributed by atoms with Gasteiger partial charge in [0.1, 0.15) is 12.0 Å². The first kappa shape index (κ1) is 10.9. The molecule has 3 heterocycles. The van der Waals surface area contributed by atoms with E-state index in [1.807, 2.05) is 47.1 Å². The zero-order valence-corrected chi connectivity index (χ0v) is 10.1. The maximum atomic E-state index is 5.92. The fourth-order valence-electron chi connectivity index (χ4n) is 1.63. The van der Waals surface area contributed by atoms with Crippen molar-refractivity contribution in [2.24, 2.45) is 0 Å². The van der Waals surface area contributed by atoms with Crippen molar-refractivity contribution < 1.29 is 0 Å². The van der Waals surface area contributed by atoms with Crippen LogP contribution in [0.4, 0.5) is 0 Å². The van der Waals surface area contributed by atoms with Gasteiger partial charge in [-0.2, -0.15) is 0 Å². The van der Waals surface area contributed by atoms with E-state index in [-0.39, 0.29) is 0 Å². The van der Waals surface area contributed by atoms with E-state index in [1.54, 1.807) is 6.20 Å². The van der Waals surface area contributed by atoms with Crippen LogP contribution in [0.2, 0.25) is 5.02 Å². The van der Waals surface area contributed by atoms with Crippen molar-refractivity contribution >= 4 is 29.4 Å². The molecule has 0 N–H and O–H groups in total. The van der Waals surface area contributed by atoms with Crippen LogP contribution in [0.15, 0.2) is 43.1 Å². The second-order valence-electron chi connectivity index (χ2n) is 3.75. The van der Waals surface area contributed by atoms with Gasteiger partial charge in [0.2, 0.25) is 0 Å². The number of hydrogen-bond donors (Lipinski definition) is 0. The smallest absolute Gasteiger partial charge is 0.137 e. The van der Waals surface area contributed by atoms with Crippen LogP contribution >= 0.6 is 11.6 Å². The first-order chi connectivity index (χ1) is 8.81. The molecule has 3 rings (SSSR count). The molecule has 0 spiro atoms. The lowest BCUT2D eigenvalue weighted by Gasteiger charge is -1.91. The SMILES string of the molecule is Clc1ccc2nc(C=Cc3ccncn3)cn2c1. The fraction of sp³-hybridized carbons (Fsp3) is 0. The van der Waals surface area contributed by atoms with Crippen molar-refractivity contribution in [1.82, 2.24) is 19.4 Å². The Labute approximate surface area is 109 Å². The molecule has 0 saturated carbocycles. The highest BCUT2D eigenvalue weighted by atomic mass is 35.5. The molecule has 0 aliphatic heterocycles. The van der Waals surface area contributed by atoms with Crippen LogP contribution in [0.1, 0.15) is 11.4 Å². The van der Waals surface area contributed by atoms with E-state index in [9.17, 15) is 0 Å². The van der Waals surface area contributed by atoms with E-state index in [0.29, 0.717) is 5.02 Å². The number of aromatic nitrogens is 4. The highest BCUT2D eigenvalue weighted by molar-refractivity contribution is 6.30. The summed E-state index contributed by atoms with van der Waals surface area (Å²) in [5.74, 6) is 0. The van der Waals surface area contributed by atoms with Crippen molar-refractivity contribution in [2.45, 2.75) is 0 Å². The molecule has 0 unspecified atom stereocenters. The minimum atomic E-state index is 0.686. The van der Waals surface area contributed by atoms with Gasteiger partial charge in [-0.1, -0.05) is 11.6 Å². The summed E-state index contributed by atoms with van der Waals surface area (Å²) in [5.41, 5.74) is 2.57. The van der Waals surface area contributed by atoms with Gasteiger partial charge in [-0.05, 0) is 30.4 Å². The Hall–Kier alpha value is -2.20. The van der Waals surface area contributed by atoms with E-state index < -0.39 is 0 Å². The molecule has 88 valence electrons. The van der Waals surface area contributed by atoms with E-state index >= 15 is 0 Å². The normalized spacial score (nSPS) is 11.4. The quantitative estimate of drug-likeness (QED) is 0.708. The standard InChI is InChI=1S/C13H9ClN4/c14-10-1-4-13-17-12(8-18(13)7-10)3-2-11-5-6-15-9-16-11/h1-9H. The molecule has 0 radical (unpaired) electrons. The number of imidazole rings is 1. The highest BCUT2D eigenvalue weighted by Gasteiger charge is 1.98. The lowest BCUT2D eigenvalue weighted by atomic mass is 10.3. The predicted molar refractivity (Wildman–Crippen MR) is 71.2 cm³/mol. The average molecular weight is 257 g/mol. The van der Waals surface area contributed by atoms with Crippen molar-refractivity contribution in [2.75, 3.05) is 0 Å². The third-order valence-electron chi connectivity index (χ3n) is 2.46. The molecule has 3 aromatic rings. The number of rotatable bonds is 2. The number of pyridine rings is 1. The number of fused-ring (bicyclic) bond motifs is 1. The summed E-state index contributed by atoms with van der Waals surface area (Å²) in [6, 6.07) is 5.54. The van der Waals surface area contributed by atoms with Crippen LogP contribution in [-0.4, -0.2) is 19.4 Å². The fourth-order valence-corrected chi connectivity index (χ4v) is 1.80. The minimum absolute atomic E-state index is 0.686. The van der Waals surface area contributed by atoms with Gasteiger partial charge < -0.3 is 4.40 Å². The molecule has 0 aromatic carbocycles. The Kier molecular flexibility index (Phi) is 2.78. The van der Waals surface area contributed by atoms with E-state index in [1.165, 1.54) is 6.33 Å². The van der Waals surface area contributed by atoms with E-state index in [4.69, 9.17) is 11.6 Å².